The summed E-state index contributed by atoms with van der Waals surface area (Å²) in [7, 11) is 3.12. The van der Waals surface area contributed by atoms with Crippen LogP contribution in [0.4, 0.5) is 0 Å². The number of methoxy groups -OCH3 is 2. The molecule has 42 heavy (non-hydrogen) atoms. The van der Waals surface area contributed by atoms with Gasteiger partial charge in [0.15, 0.2) is 23.1 Å². The van der Waals surface area contributed by atoms with E-state index in [1.54, 1.807) is 26.6 Å². The summed E-state index contributed by atoms with van der Waals surface area (Å²) >= 11 is 14.0. The van der Waals surface area contributed by atoms with E-state index in [9.17, 15) is 0 Å². The molecule has 10 nitrogen and oxygen atoms in total. The van der Waals surface area contributed by atoms with E-state index in [0.717, 1.165) is 11.1 Å². The van der Waals surface area contributed by atoms with Gasteiger partial charge in [0.25, 0.3) is 0 Å². The van der Waals surface area contributed by atoms with Crippen LogP contribution < -0.4 is 20.1 Å². The van der Waals surface area contributed by atoms with Crippen molar-refractivity contribution >= 4 is 34.9 Å². The standard InChI is InChI=1S/C30H28Cl2N8O2/c1-15-11-35-27(37-15)25-29(41-3)39-21(13-33-25)19-9-5-7-17(23(19)31)18-8-6-10-20(24(18)32)22-14-34-26(30(40-22)42-4)28-36-12-16(2)38-28/h5-10,13-16H,11-12H2,1-4H3,(H,35,37)(H,36,38). The Morgan fingerprint density at radius 3 is 1.43 bits per heavy atom. The highest BCUT2D eigenvalue weighted by Crippen LogP contribution is 2.42. The van der Waals surface area contributed by atoms with Crippen LogP contribution in [0.25, 0.3) is 33.6 Å². The molecule has 0 saturated heterocycles. The minimum Gasteiger partial charge on any atom is -0.479 e. The molecule has 2 unspecified atom stereocenters. The van der Waals surface area contributed by atoms with E-state index in [-0.39, 0.29) is 12.1 Å². The Morgan fingerprint density at radius 1 is 0.667 bits per heavy atom. The average molecular weight is 604 g/mol. The van der Waals surface area contributed by atoms with Crippen molar-refractivity contribution in [3.63, 3.8) is 0 Å². The highest BCUT2D eigenvalue weighted by molar-refractivity contribution is 6.39. The van der Waals surface area contributed by atoms with E-state index >= 15 is 0 Å². The molecule has 0 saturated carbocycles. The highest BCUT2D eigenvalue weighted by Gasteiger charge is 2.24. The lowest BCUT2D eigenvalue weighted by Crippen LogP contribution is -2.28. The van der Waals surface area contributed by atoms with Crippen LogP contribution in [0.15, 0.2) is 58.8 Å². The number of benzene rings is 2. The molecule has 2 aromatic carbocycles. The number of nitrogens with one attached hydrogen (secondary N) is 2. The summed E-state index contributed by atoms with van der Waals surface area (Å²) in [6.45, 7) is 5.45. The quantitative estimate of drug-likeness (QED) is 0.301. The zero-order chi connectivity index (χ0) is 29.4. The summed E-state index contributed by atoms with van der Waals surface area (Å²) in [6, 6.07) is 11.9. The molecule has 0 aliphatic carbocycles. The van der Waals surface area contributed by atoms with E-state index < -0.39 is 0 Å². The Hall–Kier alpha value is -4.28. The van der Waals surface area contributed by atoms with Crippen molar-refractivity contribution in [3.05, 3.63) is 70.2 Å². The number of ether oxygens (including phenoxy) is 2. The van der Waals surface area contributed by atoms with Gasteiger partial charge in [0, 0.05) is 34.3 Å². The van der Waals surface area contributed by atoms with E-state index in [1.807, 2.05) is 36.4 Å². The summed E-state index contributed by atoms with van der Waals surface area (Å²) in [5.74, 6) is 2.05. The third kappa shape index (κ3) is 5.12. The molecule has 0 radical (unpaired) electrons. The Labute approximate surface area is 253 Å². The first kappa shape index (κ1) is 27.9. The Balaban J connectivity index is 1.37. The lowest BCUT2D eigenvalue weighted by atomic mass is 9.98. The van der Waals surface area contributed by atoms with E-state index in [2.05, 4.69) is 44.4 Å². The maximum atomic E-state index is 7.01. The molecule has 4 heterocycles. The molecule has 2 atom stereocenters. The van der Waals surface area contributed by atoms with Crippen molar-refractivity contribution in [2.75, 3.05) is 27.3 Å². The fourth-order valence-electron chi connectivity index (χ4n) is 4.88. The van der Waals surface area contributed by atoms with Crippen molar-refractivity contribution in [1.29, 1.82) is 0 Å². The van der Waals surface area contributed by atoms with E-state index in [4.69, 9.17) is 42.6 Å². The second kappa shape index (κ2) is 11.5. The van der Waals surface area contributed by atoms with Gasteiger partial charge in [-0.05, 0) is 13.8 Å². The number of hydrogen-bond acceptors (Lipinski definition) is 10. The SMILES string of the molecule is COc1nc(-c2cccc(-c3cccc(-c4cnc(C5=NCC(C)N5)c(OC)n4)c3Cl)c2Cl)cnc1C1=NCC(C)N1. The maximum absolute atomic E-state index is 7.01. The Kier molecular flexibility index (Phi) is 7.66. The predicted octanol–water partition coefficient (Wildman–Crippen LogP) is 5.07. The van der Waals surface area contributed by atoms with Crippen LogP contribution in [-0.2, 0) is 0 Å². The van der Waals surface area contributed by atoms with Gasteiger partial charge < -0.3 is 20.1 Å². The lowest BCUT2D eigenvalue weighted by Gasteiger charge is -2.15. The molecule has 2 aliphatic rings. The average Bonchev–Trinajstić information content (AvgIpc) is 3.64. The van der Waals surface area contributed by atoms with Gasteiger partial charge in [0.2, 0.25) is 11.8 Å². The van der Waals surface area contributed by atoms with Crippen LogP contribution in [0.2, 0.25) is 10.0 Å². The Bertz CT molecular complexity index is 1620. The largest absolute Gasteiger partial charge is 0.479 e. The molecule has 0 spiro atoms. The second-order valence-corrected chi connectivity index (χ2v) is 10.8. The number of aromatic nitrogens is 4. The first-order valence-electron chi connectivity index (χ1n) is 13.4. The van der Waals surface area contributed by atoms with E-state index in [0.29, 0.717) is 80.5 Å². The fraction of sp³-hybridized carbons (Fsp3) is 0.267. The first-order chi connectivity index (χ1) is 20.4. The van der Waals surface area contributed by atoms with Gasteiger partial charge in [-0.3, -0.25) is 9.98 Å². The molecule has 2 N–H and O–H groups in total. The molecular formula is C30H28Cl2N8O2. The van der Waals surface area contributed by atoms with Crippen LogP contribution in [0.1, 0.15) is 25.2 Å². The fourth-order valence-corrected chi connectivity index (χ4v) is 5.53. The maximum Gasteiger partial charge on any atom is 0.244 e. The third-order valence-corrected chi connectivity index (χ3v) is 7.78. The van der Waals surface area contributed by atoms with Crippen LogP contribution in [0.3, 0.4) is 0 Å². The van der Waals surface area contributed by atoms with Crippen molar-refractivity contribution in [2.24, 2.45) is 9.98 Å². The molecule has 0 fully saturated rings. The number of hydrogen-bond donors (Lipinski definition) is 2. The van der Waals surface area contributed by atoms with Crippen LogP contribution >= 0.6 is 23.2 Å². The monoisotopic (exact) mass is 602 g/mol. The number of halogens is 2. The van der Waals surface area contributed by atoms with Crippen molar-refractivity contribution < 1.29 is 9.47 Å². The third-order valence-electron chi connectivity index (χ3n) is 6.97. The van der Waals surface area contributed by atoms with Crippen LogP contribution in [0, 0.1) is 0 Å². The van der Waals surface area contributed by atoms with Gasteiger partial charge in [0.05, 0.1) is 61.1 Å². The van der Waals surface area contributed by atoms with Gasteiger partial charge in [-0.15, -0.1) is 0 Å². The lowest BCUT2D eigenvalue weighted by molar-refractivity contribution is 0.395. The normalized spacial score (nSPS) is 17.8. The van der Waals surface area contributed by atoms with Gasteiger partial charge in [-0.1, -0.05) is 59.6 Å². The molecule has 12 heteroatoms. The van der Waals surface area contributed by atoms with Crippen molar-refractivity contribution in [3.8, 4) is 45.4 Å². The van der Waals surface area contributed by atoms with Gasteiger partial charge in [-0.2, -0.15) is 0 Å². The Morgan fingerprint density at radius 2 is 1.07 bits per heavy atom. The molecule has 2 aliphatic heterocycles. The minimum absolute atomic E-state index is 0.227. The smallest absolute Gasteiger partial charge is 0.244 e. The highest BCUT2D eigenvalue weighted by atomic mass is 35.5. The molecule has 0 bridgehead atoms. The number of rotatable bonds is 7. The molecular weight excluding hydrogens is 575 g/mol. The summed E-state index contributed by atoms with van der Waals surface area (Å²) in [5, 5.41) is 7.55. The molecule has 6 rings (SSSR count). The predicted molar refractivity (Wildman–Crippen MR) is 165 cm³/mol. The van der Waals surface area contributed by atoms with Gasteiger partial charge >= 0.3 is 0 Å². The zero-order valence-corrected chi connectivity index (χ0v) is 25.0. The van der Waals surface area contributed by atoms with Crippen molar-refractivity contribution in [2.45, 2.75) is 25.9 Å². The van der Waals surface area contributed by atoms with Crippen LogP contribution in [-0.4, -0.2) is 71.0 Å². The van der Waals surface area contributed by atoms with Gasteiger partial charge in [0.1, 0.15) is 0 Å². The molecule has 214 valence electrons. The van der Waals surface area contributed by atoms with E-state index in [1.165, 1.54) is 0 Å². The molecule has 2 aromatic heterocycles. The summed E-state index contributed by atoms with van der Waals surface area (Å²) in [4.78, 5) is 27.6. The van der Waals surface area contributed by atoms with Crippen LogP contribution in [0.5, 0.6) is 11.8 Å². The number of aliphatic imine (C=N–C) groups is 2. The molecule has 4 aromatic rings. The summed E-state index contributed by atoms with van der Waals surface area (Å²) in [6.07, 6.45) is 3.34. The second-order valence-electron chi connectivity index (χ2n) is 10.0. The topological polar surface area (TPSA) is 119 Å². The summed E-state index contributed by atoms with van der Waals surface area (Å²) in [5.41, 5.74) is 5.08. The minimum atomic E-state index is 0.227. The zero-order valence-electron chi connectivity index (χ0n) is 23.4. The van der Waals surface area contributed by atoms with Gasteiger partial charge in [-0.25, -0.2) is 19.9 Å². The first-order valence-corrected chi connectivity index (χ1v) is 14.2. The molecule has 0 amide bonds. The summed E-state index contributed by atoms with van der Waals surface area (Å²) < 4.78 is 11.1. The van der Waals surface area contributed by atoms with Crippen molar-refractivity contribution in [1.82, 2.24) is 30.6 Å². The number of nitrogens with zero attached hydrogens (tertiary/aromatic N) is 6. The number of amidine groups is 2.